The van der Waals surface area contributed by atoms with Gasteiger partial charge in [0.05, 0.1) is 29.0 Å². The zero-order valence-corrected chi connectivity index (χ0v) is 15.7. The lowest BCUT2D eigenvalue weighted by Crippen LogP contribution is -2.29. The summed E-state index contributed by atoms with van der Waals surface area (Å²) in [6.45, 7) is 4.33. The molecule has 5 nitrogen and oxygen atoms in total. The largest absolute Gasteiger partial charge is 0.462 e. The van der Waals surface area contributed by atoms with Gasteiger partial charge in [-0.05, 0) is 43.2 Å². The van der Waals surface area contributed by atoms with Crippen LogP contribution in [0, 0.1) is 6.92 Å². The van der Waals surface area contributed by atoms with Crippen LogP contribution in [0.4, 0.5) is 5.69 Å². The van der Waals surface area contributed by atoms with Gasteiger partial charge in [0.2, 0.25) is 0 Å². The molecule has 1 aliphatic heterocycles. The molecule has 0 atom stereocenters. The van der Waals surface area contributed by atoms with E-state index in [-0.39, 0.29) is 17.0 Å². The fourth-order valence-electron chi connectivity index (χ4n) is 3.18. The lowest BCUT2D eigenvalue weighted by atomic mass is 10.1. The van der Waals surface area contributed by atoms with Crippen LogP contribution in [0.3, 0.4) is 0 Å². The van der Waals surface area contributed by atoms with Crippen molar-refractivity contribution in [2.45, 2.75) is 39.5 Å². The zero-order chi connectivity index (χ0) is 19.4. The maximum absolute atomic E-state index is 12.8. The Morgan fingerprint density at radius 2 is 1.70 bits per heavy atom. The van der Waals surface area contributed by atoms with Crippen molar-refractivity contribution in [2.75, 3.05) is 11.5 Å². The number of nitrogens with zero attached hydrogens (tertiary/aromatic N) is 1. The third kappa shape index (κ3) is 3.77. The number of carbonyl (C=O) groups is 3. The fourth-order valence-corrected chi connectivity index (χ4v) is 3.18. The molecule has 1 aliphatic rings. The molecule has 0 aliphatic carbocycles. The van der Waals surface area contributed by atoms with E-state index in [4.69, 9.17) is 4.74 Å². The van der Waals surface area contributed by atoms with E-state index in [1.54, 1.807) is 18.2 Å². The third-order valence-corrected chi connectivity index (χ3v) is 4.71. The number of hydrogen-bond acceptors (Lipinski definition) is 4. The molecule has 27 heavy (non-hydrogen) atoms. The first-order valence-electron chi connectivity index (χ1n) is 9.30. The van der Waals surface area contributed by atoms with Gasteiger partial charge in [0.1, 0.15) is 0 Å². The Kier molecular flexibility index (Phi) is 5.69. The van der Waals surface area contributed by atoms with Crippen LogP contribution in [-0.2, 0) is 4.74 Å². The van der Waals surface area contributed by atoms with Crippen molar-refractivity contribution in [2.24, 2.45) is 0 Å². The summed E-state index contributed by atoms with van der Waals surface area (Å²) < 4.78 is 5.28. The van der Waals surface area contributed by atoms with Gasteiger partial charge in [0.25, 0.3) is 11.8 Å². The van der Waals surface area contributed by atoms with Gasteiger partial charge in [-0.15, -0.1) is 0 Å². The Morgan fingerprint density at radius 1 is 0.963 bits per heavy atom. The molecule has 1 heterocycles. The Balaban J connectivity index is 1.77. The molecule has 0 radical (unpaired) electrons. The molecule has 0 aromatic heterocycles. The van der Waals surface area contributed by atoms with Crippen LogP contribution in [0.15, 0.2) is 42.5 Å². The summed E-state index contributed by atoms with van der Waals surface area (Å²) in [4.78, 5) is 38.9. The molecule has 0 fully saturated rings. The van der Waals surface area contributed by atoms with Crippen LogP contribution in [0.2, 0.25) is 0 Å². The highest BCUT2D eigenvalue weighted by atomic mass is 16.5. The number of hydrogen-bond donors (Lipinski definition) is 0. The molecule has 2 aromatic carbocycles. The molecule has 0 N–H and O–H groups in total. The molecule has 0 bridgehead atoms. The number of unbranched alkanes of at least 4 members (excludes halogenated alkanes) is 3. The number of ether oxygens (including phenoxy) is 1. The summed E-state index contributed by atoms with van der Waals surface area (Å²) in [5.41, 5.74) is 2.23. The van der Waals surface area contributed by atoms with Crippen LogP contribution in [0.5, 0.6) is 0 Å². The van der Waals surface area contributed by atoms with Crippen molar-refractivity contribution >= 4 is 23.5 Å². The number of esters is 1. The van der Waals surface area contributed by atoms with Gasteiger partial charge in [0.15, 0.2) is 0 Å². The number of aryl methyl sites for hydroxylation is 1. The summed E-state index contributed by atoms with van der Waals surface area (Å²) in [5.74, 6) is -1.26. The predicted molar refractivity (Wildman–Crippen MR) is 103 cm³/mol. The van der Waals surface area contributed by atoms with Crippen LogP contribution < -0.4 is 4.90 Å². The van der Waals surface area contributed by atoms with E-state index < -0.39 is 11.9 Å². The van der Waals surface area contributed by atoms with Crippen molar-refractivity contribution in [3.63, 3.8) is 0 Å². The van der Waals surface area contributed by atoms with Crippen molar-refractivity contribution in [3.8, 4) is 0 Å². The number of carbonyl (C=O) groups excluding carboxylic acids is 3. The van der Waals surface area contributed by atoms with E-state index in [0.29, 0.717) is 17.9 Å². The maximum atomic E-state index is 12.8. The van der Waals surface area contributed by atoms with Gasteiger partial charge in [-0.3, -0.25) is 9.59 Å². The second-order valence-corrected chi connectivity index (χ2v) is 6.69. The third-order valence-electron chi connectivity index (χ3n) is 4.71. The zero-order valence-electron chi connectivity index (χ0n) is 15.7. The van der Waals surface area contributed by atoms with E-state index in [0.717, 1.165) is 31.2 Å². The Hall–Kier alpha value is -2.95. The standard InChI is InChI=1S/C22H23NO4/c1-3-4-5-8-13-27-22(26)16-11-12-17-18(14-16)21(25)23(20(17)24)19-10-7-6-9-15(19)2/h6-7,9-12,14H,3-5,8,13H2,1-2H3. The highest BCUT2D eigenvalue weighted by Gasteiger charge is 2.37. The second kappa shape index (κ2) is 8.16. The lowest BCUT2D eigenvalue weighted by Gasteiger charge is -2.16. The monoisotopic (exact) mass is 365 g/mol. The maximum Gasteiger partial charge on any atom is 0.338 e. The van der Waals surface area contributed by atoms with Gasteiger partial charge in [-0.25, -0.2) is 9.69 Å². The average Bonchev–Trinajstić information content (AvgIpc) is 2.92. The Morgan fingerprint density at radius 3 is 2.44 bits per heavy atom. The molecule has 140 valence electrons. The van der Waals surface area contributed by atoms with E-state index in [9.17, 15) is 14.4 Å². The highest BCUT2D eigenvalue weighted by Crippen LogP contribution is 2.31. The quantitative estimate of drug-likeness (QED) is 0.411. The normalized spacial score (nSPS) is 13.0. The lowest BCUT2D eigenvalue weighted by molar-refractivity contribution is 0.0497. The summed E-state index contributed by atoms with van der Waals surface area (Å²) in [7, 11) is 0. The van der Waals surface area contributed by atoms with Crippen molar-refractivity contribution in [1.82, 2.24) is 0 Å². The molecule has 3 rings (SSSR count). The first kappa shape index (κ1) is 18.8. The molecular weight excluding hydrogens is 342 g/mol. The van der Waals surface area contributed by atoms with Crippen LogP contribution in [0.25, 0.3) is 0 Å². The van der Waals surface area contributed by atoms with Crippen LogP contribution >= 0.6 is 0 Å². The molecule has 0 saturated heterocycles. The van der Waals surface area contributed by atoms with Crippen molar-refractivity contribution in [3.05, 3.63) is 64.7 Å². The van der Waals surface area contributed by atoms with Crippen molar-refractivity contribution < 1.29 is 19.1 Å². The molecule has 0 spiro atoms. The number of imide groups is 1. The minimum atomic E-state index is -0.469. The number of rotatable bonds is 7. The number of para-hydroxylation sites is 1. The smallest absolute Gasteiger partial charge is 0.338 e. The van der Waals surface area contributed by atoms with Gasteiger partial charge >= 0.3 is 5.97 Å². The number of amides is 2. The SMILES string of the molecule is CCCCCCOC(=O)c1ccc2c(c1)C(=O)N(c1ccccc1C)C2=O. The van der Waals surface area contributed by atoms with E-state index in [1.165, 1.54) is 17.0 Å². The molecule has 2 aromatic rings. The molecule has 5 heteroatoms. The minimum absolute atomic E-state index is 0.240. The first-order valence-corrected chi connectivity index (χ1v) is 9.30. The van der Waals surface area contributed by atoms with Gasteiger partial charge in [-0.1, -0.05) is 44.4 Å². The number of benzene rings is 2. The summed E-state index contributed by atoms with van der Waals surface area (Å²) >= 11 is 0. The molecule has 0 saturated carbocycles. The number of anilines is 1. The van der Waals surface area contributed by atoms with E-state index in [1.807, 2.05) is 19.1 Å². The summed E-state index contributed by atoms with van der Waals surface area (Å²) in [6, 6.07) is 11.8. The minimum Gasteiger partial charge on any atom is -0.462 e. The van der Waals surface area contributed by atoms with Crippen LogP contribution in [-0.4, -0.2) is 24.4 Å². The molecule has 2 amide bonds. The predicted octanol–water partition coefficient (Wildman–Crippen LogP) is 4.53. The molecule has 0 unspecified atom stereocenters. The van der Waals surface area contributed by atoms with E-state index >= 15 is 0 Å². The Bertz CT molecular complexity index is 888. The molecular formula is C22H23NO4. The number of fused-ring (bicyclic) bond motifs is 1. The van der Waals surface area contributed by atoms with Gasteiger partial charge in [0, 0.05) is 0 Å². The van der Waals surface area contributed by atoms with Crippen LogP contribution in [0.1, 0.15) is 69.2 Å². The summed E-state index contributed by atoms with van der Waals surface area (Å²) in [5, 5.41) is 0. The second-order valence-electron chi connectivity index (χ2n) is 6.69. The van der Waals surface area contributed by atoms with Gasteiger partial charge < -0.3 is 4.74 Å². The first-order chi connectivity index (χ1) is 13.0. The van der Waals surface area contributed by atoms with E-state index in [2.05, 4.69) is 6.92 Å². The van der Waals surface area contributed by atoms with Crippen molar-refractivity contribution in [1.29, 1.82) is 0 Å². The topological polar surface area (TPSA) is 63.7 Å². The van der Waals surface area contributed by atoms with Gasteiger partial charge in [-0.2, -0.15) is 0 Å². The highest BCUT2D eigenvalue weighted by molar-refractivity contribution is 6.34. The summed E-state index contributed by atoms with van der Waals surface area (Å²) in [6.07, 6.45) is 4.07. The average molecular weight is 365 g/mol. The Labute approximate surface area is 158 Å². The fraction of sp³-hybridized carbons (Fsp3) is 0.318.